The average Bonchev–Trinajstić information content (AvgIpc) is 3.12. The largest absolute Gasteiger partial charge is 0.453 e. The van der Waals surface area contributed by atoms with Gasteiger partial charge in [-0.15, -0.1) is 11.3 Å². The molecule has 134 valence electrons. The second kappa shape index (κ2) is 7.08. The number of hydrogen-bond donors (Lipinski definition) is 1. The van der Waals surface area contributed by atoms with Gasteiger partial charge < -0.3 is 9.72 Å². The van der Waals surface area contributed by atoms with E-state index >= 15 is 0 Å². The fraction of sp³-hybridized carbons (Fsp3) is 0.333. The molecular weight excluding hydrogens is 346 g/mol. The number of carbonyl (C=O) groups is 2. The van der Waals surface area contributed by atoms with E-state index in [1.807, 2.05) is 37.3 Å². The van der Waals surface area contributed by atoms with Crippen molar-refractivity contribution in [2.45, 2.75) is 39.0 Å². The number of aryl methyl sites for hydroxylation is 3. The highest BCUT2D eigenvalue weighted by Crippen LogP contribution is 2.29. The lowest BCUT2D eigenvalue weighted by atomic mass is 10.1. The molecular formula is C21H21NO3S. The van der Waals surface area contributed by atoms with Crippen molar-refractivity contribution in [3.8, 4) is 0 Å². The second-order valence-electron chi connectivity index (χ2n) is 6.79. The van der Waals surface area contributed by atoms with Crippen molar-refractivity contribution in [3.05, 3.63) is 56.9 Å². The summed E-state index contributed by atoms with van der Waals surface area (Å²) < 4.78 is 5.33. The predicted octanol–water partition coefficient (Wildman–Crippen LogP) is 4.85. The zero-order chi connectivity index (χ0) is 18.1. The van der Waals surface area contributed by atoms with Crippen LogP contribution in [0.3, 0.4) is 0 Å². The molecule has 2 heterocycles. The van der Waals surface area contributed by atoms with Gasteiger partial charge in [0.25, 0.3) is 0 Å². The molecule has 0 fully saturated rings. The van der Waals surface area contributed by atoms with E-state index in [4.69, 9.17) is 4.74 Å². The molecule has 1 aliphatic rings. The summed E-state index contributed by atoms with van der Waals surface area (Å²) in [6.07, 6.45) is 5.68. The fourth-order valence-electron chi connectivity index (χ4n) is 3.68. The van der Waals surface area contributed by atoms with Crippen LogP contribution in [0.15, 0.2) is 30.3 Å². The highest BCUT2D eigenvalue weighted by atomic mass is 32.1. The molecule has 0 unspecified atom stereocenters. The van der Waals surface area contributed by atoms with Crippen molar-refractivity contribution in [1.29, 1.82) is 0 Å². The number of carbonyl (C=O) groups excluding carboxylic acids is 2. The van der Waals surface area contributed by atoms with Crippen LogP contribution < -0.4 is 0 Å². The third-order valence-corrected chi connectivity index (χ3v) is 6.17. The number of rotatable bonds is 4. The Morgan fingerprint density at radius 2 is 1.96 bits per heavy atom. The molecule has 4 rings (SSSR count). The van der Waals surface area contributed by atoms with Crippen molar-refractivity contribution in [1.82, 2.24) is 4.98 Å². The molecule has 5 heteroatoms. The molecule has 0 saturated carbocycles. The number of ketones is 1. The first-order chi connectivity index (χ1) is 12.6. The smallest absolute Gasteiger partial charge is 0.348 e. The Labute approximate surface area is 156 Å². The maximum Gasteiger partial charge on any atom is 0.348 e. The van der Waals surface area contributed by atoms with E-state index in [1.54, 1.807) is 0 Å². The molecule has 2 aromatic heterocycles. The number of para-hydroxylation sites is 1. The molecule has 1 aromatic carbocycles. The first-order valence-electron chi connectivity index (χ1n) is 9.02. The van der Waals surface area contributed by atoms with Gasteiger partial charge in [-0.25, -0.2) is 4.79 Å². The van der Waals surface area contributed by atoms with Crippen LogP contribution in [0.1, 0.15) is 55.4 Å². The van der Waals surface area contributed by atoms with Crippen LogP contribution in [-0.4, -0.2) is 23.3 Å². The Balaban J connectivity index is 1.47. The van der Waals surface area contributed by atoms with Crippen LogP contribution >= 0.6 is 11.3 Å². The maximum absolute atomic E-state index is 12.6. The van der Waals surface area contributed by atoms with Crippen molar-refractivity contribution in [3.63, 3.8) is 0 Å². The van der Waals surface area contributed by atoms with E-state index in [9.17, 15) is 9.59 Å². The van der Waals surface area contributed by atoms with Crippen molar-refractivity contribution in [2.75, 3.05) is 6.61 Å². The number of aromatic amines is 1. The topological polar surface area (TPSA) is 59.2 Å². The number of nitrogens with one attached hydrogen (secondary N) is 1. The average molecular weight is 367 g/mol. The van der Waals surface area contributed by atoms with Crippen molar-refractivity contribution < 1.29 is 14.3 Å². The summed E-state index contributed by atoms with van der Waals surface area (Å²) in [5, 5.41) is 0.869. The first-order valence-corrected chi connectivity index (χ1v) is 9.84. The van der Waals surface area contributed by atoms with Gasteiger partial charge in [-0.1, -0.05) is 24.6 Å². The number of ether oxygens (including phenoxy) is 1. The Bertz CT molecular complexity index is 959. The lowest BCUT2D eigenvalue weighted by Gasteiger charge is -2.03. The minimum atomic E-state index is -0.395. The van der Waals surface area contributed by atoms with E-state index in [0.29, 0.717) is 10.4 Å². The lowest BCUT2D eigenvalue weighted by Crippen LogP contribution is -2.14. The van der Waals surface area contributed by atoms with Crippen LogP contribution in [0, 0.1) is 6.92 Å². The minimum absolute atomic E-state index is 0.175. The molecule has 0 spiro atoms. The number of benzene rings is 1. The van der Waals surface area contributed by atoms with Crippen molar-refractivity contribution >= 4 is 34.0 Å². The van der Waals surface area contributed by atoms with E-state index in [-0.39, 0.29) is 12.4 Å². The van der Waals surface area contributed by atoms with Crippen LogP contribution in [-0.2, 0) is 17.6 Å². The SMILES string of the molecule is Cc1[nH]c2ccccc2c1C(=O)COC(=O)c1cc2c(s1)CCCCC2. The quantitative estimate of drug-likeness (QED) is 0.407. The van der Waals surface area contributed by atoms with Gasteiger partial charge in [-0.2, -0.15) is 0 Å². The monoisotopic (exact) mass is 367 g/mol. The molecule has 1 N–H and O–H groups in total. The summed E-state index contributed by atoms with van der Waals surface area (Å²) in [4.78, 5) is 30.1. The Hall–Kier alpha value is -2.40. The first kappa shape index (κ1) is 17.0. The van der Waals surface area contributed by atoms with Crippen LogP contribution in [0.2, 0.25) is 0 Å². The number of hydrogen-bond acceptors (Lipinski definition) is 4. The minimum Gasteiger partial charge on any atom is -0.453 e. The van der Waals surface area contributed by atoms with E-state index in [1.165, 1.54) is 41.0 Å². The van der Waals surface area contributed by atoms with Crippen molar-refractivity contribution in [2.24, 2.45) is 0 Å². The van der Waals surface area contributed by atoms with Crippen LogP contribution in [0.4, 0.5) is 0 Å². The molecule has 1 aliphatic carbocycles. The summed E-state index contributed by atoms with van der Waals surface area (Å²) in [6.45, 7) is 1.63. The lowest BCUT2D eigenvalue weighted by molar-refractivity contribution is 0.0479. The second-order valence-corrected chi connectivity index (χ2v) is 7.93. The Morgan fingerprint density at radius 1 is 1.15 bits per heavy atom. The third kappa shape index (κ3) is 3.19. The molecule has 0 aliphatic heterocycles. The van der Waals surface area contributed by atoms with E-state index < -0.39 is 5.97 Å². The normalized spacial score (nSPS) is 14.0. The van der Waals surface area contributed by atoms with Gasteiger partial charge >= 0.3 is 5.97 Å². The summed E-state index contributed by atoms with van der Waals surface area (Å²) >= 11 is 1.52. The highest BCUT2D eigenvalue weighted by Gasteiger charge is 2.20. The molecule has 26 heavy (non-hydrogen) atoms. The number of Topliss-reactive ketones (excluding diaryl/α,β-unsaturated/α-hetero) is 1. The van der Waals surface area contributed by atoms with E-state index in [0.717, 1.165) is 29.4 Å². The standard InChI is InChI=1S/C21H21NO3S/c1-13-20(15-8-5-6-9-16(15)22-13)17(23)12-25-21(24)19-11-14-7-3-2-4-10-18(14)26-19/h5-6,8-9,11,22H,2-4,7,10,12H2,1H3. The van der Waals surface area contributed by atoms with Gasteiger partial charge in [-0.3, -0.25) is 4.79 Å². The molecule has 0 atom stereocenters. The molecule has 3 aromatic rings. The van der Waals surface area contributed by atoms with Gasteiger partial charge in [-0.05, 0) is 50.3 Å². The maximum atomic E-state index is 12.6. The third-order valence-electron chi connectivity index (χ3n) is 4.95. The number of aromatic nitrogens is 1. The Kier molecular flexibility index (Phi) is 4.64. The summed E-state index contributed by atoms with van der Waals surface area (Å²) in [6, 6.07) is 9.62. The number of H-pyrrole nitrogens is 1. The van der Waals surface area contributed by atoms with Crippen LogP contribution in [0.25, 0.3) is 10.9 Å². The molecule has 0 radical (unpaired) electrons. The molecule has 0 amide bonds. The van der Waals surface area contributed by atoms with E-state index in [2.05, 4.69) is 4.98 Å². The fourth-order valence-corrected chi connectivity index (χ4v) is 4.83. The number of esters is 1. The Morgan fingerprint density at radius 3 is 2.85 bits per heavy atom. The predicted molar refractivity (Wildman–Crippen MR) is 103 cm³/mol. The summed E-state index contributed by atoms with van der Waals surface area (Å²) in [7, 11) is 0. The molecule has 0 saturated heterocycles. The van der Waals surface area contributed by atoms with Gasteiger partial charge in [0.15, 0.2) is 6.61 Å². The molecule has 0 bridgehead atoms. The van der Waals surface area contributed by atoms with Gasteiger partial charge in [0.05, 0.1) is 0 Å². The summed E-state index contributed by atoms with van der Waals surface area (Å²) in [5.41, 5.74) is 3.60. The zero-order valence-electron chi connectivity index (χ0n) is 14.8. The number of fused-ring (bicyclic) bond motifs is 2. The van der Waals surface area contributed by atoms with Gasteiger partial charge in [0, 0.05) is 27.0 Å². The van der Waals surface area contributed by atoms with Gasteiger partial charge in [0.1, 0.15) is 4.88 Å². The summed E-state index contributed by atoms with van der Waals surface area (Å²) in [5.74, 6) is -0.569. The van der Waals surface area contributed by atoms with Crippen LogP contribution in [0.5, 0.6) is 0 Å². The number of thiophene rings is 1. The van der Waals surface area contributed by atoms with Gasteiger partial charge in [0.2, 0.25) is 5.78 Å². The highest BCUT2D eigenvalue weighted by molar-refractivity contribution is 7.14. The molecule has 4 nitrogen and oxygen atoms in total. The zero-order valence-corrected chi connectivity index (χ0v) is 15.6.